The van der Waals surface area contributed by atoms with Crippen molar-refractivity contribution in [2.45, 2.75) is 12.9 Å². The van der Waals surface area contributed by atoms with Crippen molar-refractivity contribution in [2.75, 3.05) is 0 Å². The van der Waals surface area contributed by atoms with Gasteiger partial charge in [-0.05, 0) is 53.1 Å². The molecule has 0 bridgehead atoms. The number of benzene rings is 3. The first-order valence-electron chi connectivity index (χ1n) is 10.5. The number of halogens is 5. The van der Waals surface area contributed by atoms with Gasteiger partial charge in [0.1, 0.15) is 5.75 Å². The molecule has 6 nitrogen and oxygen atoms in total. The van der Waals surface area contributed by atoms with Gasteiger partial charge in [0.25, 0.3) is 0 Å². The summed E-state index contributed by atoms with van der Waals surface area (Å²) in [5, 5.41) is 9.97. The Morgan fingerprint density at radius 3 is 2.00 bits per heavy atom. The first kappa shape index (κ1) is 23.9. The summed E-state index contributed by atoms with van der Waals surface area (Å²) in [5.74, 6) is -0.354. The third-order valence-corrected chi connectivity index (χ3v) is 5.89. The summed E-state index contributed by atoms with van der Waals surface area (Å²) in [6.07, 6.45) is -3.21. The monoisotopic (exact) mass is 530 g/mol. The molecule has 5 aromatic rings. The third-order valence-electron chi connectivity index (χ3n) is 5.39. The van der Waals surface area contributed by atoms with Gasteiger partial charge in [0.2, 0.25) is 0 Å². The van der Waals surface area contributed by atoms with E-state index in [-0.39, 0.29) is 12.3 Å². The van der Waals surface area contributed by atoms with E-state index >= 15 is 0 Å². The van der Waals surface area contributed by atoms with Gasteiger partial charge in [-0.1, -0.05) is 59.6 Å². The minimum Gasteiger partial charge on any atom is -0.406 e. The number of hydrogen-bond acceptors (Lipinski definition) is 4. The van der Waals surface area contributed by atoms with Crippen LogP contribution in [-0.2, 0) is 6.54 Å². The second kappa shape index (κ2) is 9.33. The molecule has 36 heavy (non-hydrogen) atoms. The Bertz CT molecular complexity index is 1600. The van der Waals surface area contributed by atoms with Gasteiger partial charge in [0, 0.05) is 21.2 Å². The number of nitrogens with zero attached hydrogens (tertiary/aromatic N) is 4. The molecular formula is C25H15Cl2F3N4O2. The van der Waals surface area contributed by atoms with Gasteiger partial charge in [-0.15, -0.1) is 18.3 Å². The largest absolute Gasteiger partial charge is 0.573 e. The fourth-order valence-electron chi connectivity index (χ4n) is 3.78. The van der Waals surface area contributed by atoms with Gasteiger partial charge < -0.3 is 4.74 Å². The third kappa shape index (κ3) is 4.93. The average Bonchev–Trinajstić information content (AvgIpc) is 3.15. The van der Waals surface area contributed by atoms with Gasteiger partial charge in [-0.3, -0.25) is 0 Å². The number of hydrogen-bond donors (Lipinski definition) is 0. The first-order chi connectivity index (χ1) is 17.2. The number of aromatic nitrogens is 4. The van der Waals surface area contributed by atoms with Crippen LogP contribution in [0.25, 0.3) is 27.9 Å². The molecule has 182 valence electrons. The summed E-state index contributed by atoms with van der Waals surface area (Å²) in [4.78, 5) is 13.1. The zero-order valence-corrected chi connectivity index (χ0v) is 19.7. The molecule has 3 aromatic carbocycles. The highest BCUT2D eigenvalue weighted by molar-refractivity contribution is 6.31. The van der Waals surface area contributed by atoms with E-state index in [0.29, 0.717) is 26.8 Å². The molecule has 0 saturated heterocycles. The highest BCUT2D eigenvalue weighted by Crippen LogP contribution is 2.35. The van der Waals surface area contributed by atoms with Crippen LogP contribution in [0, 0.1) is 0 Å². The molecule has 0 unspecified atom stereocenters. The molecule has 0 aliphatic carbocycles. The molecule has 5 rings (SSSR count). The van der Waals surface area contributed by atoms with Crippen molar-refractivity contribution in [1.29, 1.82) is 0 Å². The molecule has 0 fully saturated rings. The van der Waals surface area contributed by atoms with Crippen LogP contribution in [0.1, 0.15) is 5.56 Å². The van der Waals surface area contributed by atoms with Crippen LogP contribution < -0.4 is 10.4 Å². The lowest BCUT2D eigenvalue weighted by Gasteiger charge is -2.11. The minimum atomic E-state index is -4.79. The molecular weight excluding hydrogens is 516 g/mol. The predicted molar refractivity (Wildman–Crippen MR) is 130 cm³/mol. The number of alkyl halides is 3. The number of ether oxygens (including phenoxy) is 1. The lowest BCUT2D eigenvalue weighted by molar-refractivity contribution is -0.274. The lowest BCUT2D eigenvalue weighted by atomic mass is 9.97. The van der Waals surface area contributed by atoms with Crippen LogP contribution in [0.2, 0.25) is 10.0 Å². The van der Waals surface area contributed by atoms with E-state index in [0.717, 1.165) is 16.7 Å². The zero-order valence-electron chi connectivity index (χ0n) is 18.2. The quantitative estimate of drug-likeness (QED) is 0.261. The van der Waals surface area contributed by atoms with Crippen LogP contribution in [0.3, 0.4) is 0 Å². The van der Waals surface area contributed by atoms with Crippen molar-refractivity contribution in [3.63, 3.8) is 0 Å². The molecule has 0 radical (unpaired) electrons. The first-order valence-corrected chi connectivity index (χ1v) is 11.3. The van der Waals surface area contributed by atoms with Crippen LogP contribution in [-0.4, -0.2) is 25.8 Å². The minimum absolute atomic E-state index is 0.0187. The average molecular weight is 531 g/mol. The molecule has 2 aromatic heterocycles. The second-order valence-electron chi connectivity index (χ2n) is 7.81. The second-order valence-corrected chi connectivity index (χ2v) is 8.69. The Hall–Kier alpha value is -3.82. The van der Waals surface area contributed by atoms with Crippen molar-refractivity contribution in [2.24, 2.45) is 0 Å². The van der Waals surface area contributed by atoms with Crippen molar-refractivity contribution >= 4 is 28.8 Å². The normalized spacial score (nSPS) is 11.7. The summed E-state index contributed by atoms with van der Waals surface area (Å²) >= 11 is 12.1. The Kier molecular flexibility index (Phi) is 6.19. The van der Waals surface area contributed by atoms with Crippen LogP contribution in [0.15, 0.2) is 83.8 Å². The lowest BCUT2D eigenvalue weighted by Crippen LogP contribution is -2.23. The smallest absolute Gasteiger partial charge is 0.406 e. The molecule has 0 aliphatic heterocycles. The van der Waals surface area contributed by atoms with Gasteiger partial charge in [-0.2, -0.15) is 9.61 Å². The molecule has 0 spiro atoms. The van der Waals surface area contributed by atoms with E-state index in [4.69, 9.17) is 23.2 Å². The molecule has 0 amide bonds. The van der Waals surface area contributed by atoms with Crippen molar-refractivity contribution < 1.29 is 17.9 Å². The molecule has 0 aliphatic rings. The van der Waals surface area contributed by atoms with Crippen molar-refractivity contribution in [3.8, 4) is 28.0 Å². The van der Waals surface area contributed by atoms with Crippen LogP contribution >= 0.6 is 23.2 Å². The summed E-state index contributed by atoms with van der Waals surface area (Å²) < 4.78 is 43.6. The number of fused-ring (bicyclic) bond motifs is 1. The fourth-order valence-corrected chi connectivity index (χ4v) is 4.03. The van der Waals surface area contributed by atoms with Crippen molar-refractivity contribution in [3.05, 3.63) is 105 Å². The molecule has 0 saturated carbocycles. The maximum absolute atomic E-state index is 13.1. The van der Waals surface area contributed by atoms with Crippen LogP contribution in [0.5, 0.6) is 5.75 Å². The Morgan fingerprint density at radius 1 is 0.833 bits per heavy atom. The van der Waals surface area contributed by atoms with E-state index < -0.39 is 12.1 Å². The molecule has 2 heterocycles. The maximum atomic E-state index is 13.1. The summed E-state index contributed by atoms with van der Waals surface area (Å²) in [6.45, 7) is 0.0187. The van der Waals surface area contributed by atoms with E-state index in [1.807, 2.05) is 24.3 Å². The molecule has 0 N–H and O–H groups in total. The van der Waals surface area contributed by atoms with Crippen LogP contribution in [0.4, 0.5) is 13.2 Å². The zero-order chi connectivity index (χ0) is 25.4. The molecule has 0 atom stereocenters. The maximum Gasteiger partial charge on any atom is 0.573 e. The fraction of sp³-hybridized carbons (Fsp3) is 0.0800. The summed E-state index contributed by atoms with van der Waals surface area (Å²) in [5.41, 5.74) is 3.34. The van der Waals surface area contributed by atoms with E-state index in [1.165, 1.54) is 33.5 Å². The topological polar surface area (TPSA) is 61.4 Å². The van der Waals surface area contributed by atoms with Gasteiger partial charge in [0.15, 0.2) is 5.65 Å². The highest BCUT2D eigenvalue weighted by Gasteiger charge is 2.31. The standard InChI is InChI=1S/C25H15Cl2F3N4O2/c26-18-7-3-16(4-8-18)21-13-31-34-23(22(21)17-5-9-19(27)10-6-17)32-33(24(34)35)14-15-1-11-20(12-2-15)36-25(28,29)30/h1-13H,14H2. The van der Waals surface area contributed by atoms with E-state index in [2.05, 4.69) is 14.9 Å². The SMILES string of the molecule is O=c1n(Cc2ccc(OC(F)(F)F)cc2)nc2c(-c3ccc(Cl)cc3)c(-c3ccc(Cl)cc3)cnn12. The highest BCUT2D eigenvalue weighted by atomic mass is 35.5. The summed E-state index contributed by atoms with van der Waals surface area (Å²) in [6, 6.07) is 19.5. The Morgan fingerprint density at radius 2 is 1.42 bits per heavy atom. The number of rotatable bonds is 5. The van der Waals surface area contributed by atoms with Gasteiger partial charge >= 0.3 is 12.1 Å². The van der Waals surface area contributed by atoms with Gasteiger partial charge in [-0.25, -0.2) is 9.48 Å². The summed E-state index contributed by atoms with van der Waals surface area (Å²) in [7, 11) is 0. The van der Waals surface area contributed by atoms with E-state index in [9.17, 15) is 18.0 Å². The predicted octanol–water partition coefficient (Wildman–Crippen LogP) is 6.48. The molecule has 11 heteroatoms. The van der Waals surface area contributed by atoms with E-state index in [1.54, 1.807) is 30.5 Å². The Balaban J connectivity index is 1.61. The van der Waals surface area contributed by atoms with Gasteiger partial charge in [0.05, 0.1) is 12.7 Å². The Labute approximate surface area is 212 Å². The van der Waals surface area contributed by atoms with Crippen molar-refractivity contribution in [1.82, 2.24) is 19.4 Å².